The van der Waals surface area contributed by atoms with E-state index in [4.69, 9.17) is 4.74 Å². The number of hydrogen-bond acceptors (Lipinski definition) is 3. The Labute approximate surface area is 68.0 Å². The minimum Gasteiger partial charge on any atom is -0.356 e. The highest BCUT2D eigenvalue weighted by Crippen LogP contribution is 2.11. The Morgan fingerprint density at radius 3 is 2.55 bits per heavy atom. The van der Waals surface area contributed by atoms with Crippen molar-refractivity contribution in [3.8, 4) is 0 Å². The van der Waals surface area contributed by atoms with Crippen molar-refractivity contribution in [1.29, 1.82) is 0 Å². The van der Waals surface area contributed by atoms with Crippen LogP contribution in [0, 0.1) is 0 Å². The van der Waals surface area contributed by atoms with E-state index in [1.54, 1.807) is 0 Å². The minimum absolute atomic E-state index is 0.581. The van der Waals surface area contributed by atoms with Crippen LogP contribution in [0.4, 0.5) is 0 Å². The molecule has 3 heteroatoms. The van der Waals surface area contributed by atoms with E-state index in [-0.39, 0.29) is 0 Å². The molecular weight excluding hydrogens is 142 g/mol. The highest BCUT2D eigenvalue weighted by molar-refractivity contribution is 4.62. The van der Waals surface area contributed by atoms with Crippen LogP contribution < -0.4 is 0 Å². The van der Waals surface area contributed by atoms with Crippen molar-refractivity contribution in [2.75, 3.05) is 19.7 Å². The molecule has 1 aliphatic rings. The lowest BCUT2D eigenvalue weighted by Crippen LogP contribution is -2.40. The van der Waals surface area contributed by atoms with Gasteiger partial charge in [-0.05, 0) is 19.8 Å². The Morgan fingerprint density at radius 1 is 1.36 bits per heavy atom. The van der Waals surface area contributed by atoms with Gasteiger partial charge in [-0.3, -0.25) is 4.90 Å². The van der Waals surface area contributed by atoms with Crippen molar-refractivity contribution >= 4 is 0 Å². The van der Waals surface area contributed by atoms with Crippen LogP contribution in [0.2, 0.25) is 0 Å². The number of nitrogens with zero attached hydrogens (tertiary/aromatic N) is 1. The maximum Gasteiger partial charge on any atom is 0.216 e. The summed E-state index contributed by atoms with van der Waals surface area (Å²) in [6.07, 6.45) is 2.99. The normalized spacial score (nSPS) is 23.5. The number of ether oxygens (including phenoxy) is 1. The lowest BCUT2D eigenvalue weighted by atomic mass is 10.1. The smallest absolute Gasteiger partial charge is 0.216 e. The van der Waals surface area contributed by atoms with E-state index in [1.807, 2.05) is 11.8 Å². The maximum atomic E-state index is 9.38. The average Bonchev–Trinajstić information content (AvgIpc) is 2.07. The highest BCUT2D eigenvalue weighted by Gasteiger charge is 2.17. The van der Waals surface area contributed by atoms with Crippen LogP contribution in [0.15, 0.2) is 0 Å². The minimum atomic E-state index is -0.666. The summed E-state index contributed by atoms with van der Waals surface area (Å²) in [5, 5.41) is 9.38. The van der Waals surface area contributed by atoms with Crippen molar-refractivity contribution in [3.05, 3.63) is 0 Å². The molecule has 11 heavy (non-hydrogen) atoms. The first-order valence-electron chi connectivity index (χ1n) is 4.38. The summed E-state index contributed by atoms with van der Waals surface area (Å²) in [5.74, 6) is 0. The molecule has 1 fully saturated rings. The molecule has 0 aromatic carbocycles. The van der Waals surface area contributed by atoms with Crippen molar-refractivity contribution in [2.45, 2.75) is 32.6 Å². The molecule has 1 atom stereocenters. The molecule has 0 spiro atoms. The zero-order valence-electron chi connectivity index (χ0n) is 7.12. The first-order chi connectivity index (χ1) is 5.34. The third-order valence-electron chi connectivity index (χ3n) is 2.02. The number of aliphatic hydroxyl groups excluding tert-OH is 1. The van der Waals surface area contributed by atoms with Crippen LogP contribution in [0.1, 0.15) is 26.2 Å². The van der Waals surface area contributed by atoms with E-state index in [0.29, 0.717) is 6.61 Å². The van der Waals surface area contributed by atoms with Gasteiger partial charge >= 0.3 is 0 Å². The molecule has 1 aliphatic heterocycles. The standard InChI is InChI=1S/C8H17NO2/c1-2-11-8(10)9-6-4-3-5-7-9/h8,10H,2-7H2,1H3. The third kappa shape index (κ3) is 2.77. The van der Waals surface area contributed by atoms with Crippen LogP contribution in [0.25, 0.3) is 0 Å². The van der Waals surface area contributed by atoms with Gasteiger partial charge in [-0.15, -0.1) is 0 Å². The summed E-state index contributed by atoms with van der Waals surface area (Å²) in [7, 11) is 0. The highest BCUT2D eigenvalue weighted by atomic mass is 16.6. The van der Waals surface area contributed by atoms with Gasteiger partial charge in [0, 0.05) is 19.7 Å². The summed E-state index contributed by atoms with van der Waals surface area (Å²) in [6.45, 7) is 4.42. The van der Waals surface area contributed by atoms with Crippen LogP contribution in [0.5, 0.6) is 0 Å². The molecular formula is C8H17NO2. The predicted octanol–water partition coefficient (Wildman–Crippen LogP) is 0.785. The van der Waals surface area contributed by atoms with Gasteiger partial charge in [0.15, 0.2) is 0 Å². The monoisotopic (exact) mass is 159 g/mol. The Hall–Kier alpha value is -0.120. The Kier molecular flexibility index (Phi) is 3.83. The molecule has 66 valence electrons. The van der Waals surface area contributed by atoms with E-state index >= 15 is 0 Å². The quantitative estimate of drug-likeness (QED) is 0.618. The number of rotatable bonds is 3. The third-order valence-corrected chi connectivity index (χ3v) is 2.02. The second-order valence-electron chi connectivity index (χ2n) is 2.88. The molecule has 0 aliphatic carbocycles. The first-order valence-corrected chi connectivity index (χ1v) is 4.38. The molecule has 0 bridgehead atoms. The largest absolute Gasteiger partial charge is 0.356 e. The average molecular weight is 159 g/mol. The molecule has 1 rings (SSSR count). The Balaban J connectivity index is 2.21. The number of hydrogen-bond donors (Lipinski definition) is 1. The summed E-state index contributed by atoms with van der Waals surface area (Å²) < 4.78 is 5.06. The zero-order valence-corrected chi connectivity index (χ0v) is 7.12. The van der Waals surface area contributed by atoms with Gasteiger partial charge in [0.25, 0.3) is 0 Å². The van der Waals surface area contributed by atoms with Crippen molar-refractivity contribution < 1.29 is 9.84 Å². The van der Waals surface area contributed by atoms with Crippen LogP contribution >= 0.6 is 0 Å². The number of aliphatic hydroxyl groups is 1. The topological polar surface area (TPSA) is 32.7 Å². The summed E-state index contributed by atoms with van der Waals surface area (Å²) in [4.78, 5) is 1.98. The van der Waals surface area contributed by atoms with Gasteiger partial charge in [0.2, 0.25) is 6.41 Å². The second-order valence-corrected chi connectivity index (χ2v) is 2.88. The van der Waals surface area contributed by atoms with E-state index in [1.165, 1.54) is 19.3 Å². The van der Waals surface area contributed by atoms with Gasteiger partial charge in [0.05, 0.1) is 0 Å². The zero-order chi connectivity index (χ0) is 8.10. The molecule has 0 amide bonds. The maximum absolute atomic E-state index is 9.38. The second kappa shape index (κ2) is 4.70. The first kappa shape index (κ1) is 8.97. The summed E-state index contributed by atoms with van der Waals surface area (Å²) >= 11 is 0. The predicted molar refractivity (Wildman–Crippen MR) is 43.1 cm³/mol. The van der Waals surface area contributed by atoms with Crippen molar-refractivity contribution in [2.24, 2.45) is 0 Å². The molecule has 3 nitrogen and oxygen atoms in total. The van der Waals surface area contributed by atoms with Gasteiger partial charge < -0.3 is 9.84 Å². The lowest BCUT2D eigenvalue weighted by Gasteiger charge is -2.30. The molecule has 1 unspecified atom stereocenters. The van der Waals surface area contributed by atoms with Crippen LogP contribution in [0.3, 0.4) is 0 Å². The number of piperidine rings is 1. The Bertz CT molecular complexity index is 102. The van der Waals surface area contributed by atoms with Gasteiger partial charge in [0.1, 0.15) is 0 Å². The fourth-order valence-corrected chi connectivity index (χ4v) is 1.39. The molecule has 1 heterocycles. The fourth-order valence-electron chi connectivity index (χ4n) is 1.39. The molecule has 1 N–H and O–H groups in total. The SMILES string of the molecule is CCOC(O)N1CCCCC1. The van der Waals surface area contributed by atoms with Crippen LogP contribution in [-0.2, 0) is 4.74 Å². The Morgan fingerprint density at radius 2 is 2.00 bits per heavy atom. The molecule has 0 aromatic heterocycles. The lowest BCUT2D eigenvalue weighted by molar-refractivity contribution is -0.194. The van der Waals surface area contributed by atoms with E-state index in [0.717, 1.165) is 13.1 Å². The number of likely N-dealkylation sites (tertiary alicyclic amines) is 1. The van der Waals surface area contributed by atoms with Crippen molar-refractivity contribution in [1.82, 2.24) is 4.90 Å². The van der Waals surface area contributed by atoms with Gasteiger partial charge in [-0.1, -0.05) is 6.42 Å². The summed E-state index contributed by atoms with van der Waals surface area (Å²) in [6, 6.07) is 0. The molecule has 1 saturated heterocycles. The molecule has 0 saturated carbocycles. The summed E-state index contributed by atoms with van der Waals surface area (Å²) in [5.41, 5.74) is 0. The van der Waals surface area contributed by atoms with Gasteiger partial charge in [-0.2, -0.15) is 0 Å². The molecule has 0 aromatic rings. The van der Waals surface area contributed by atoms with E-state index in [2.05, 4.69) is 0 Å². The van der Waals surface area contributed by atoms with E-state index in [9.17, 15) is 5.11 Å². The van der Waals surface area contributed by atoms with Crippen LogP contribution in [-0.4, -0.2) is 36.1 Å². The molecule has 0 radical (unpaired) electrons. The van der Waals surface area contributed by atoms with Gasteiger partial charge in [-0.25, -0.2) is 0 Å². The fraction of sp³-hybridized carbons (Fsp3) is 1.00. The van der Waals surface area contributed by atoms with Crippen molar-refractivity contribution in [3.63, 3.8) is 0 Å². The van der Waals surface area contributed by atoms with E-state index < -0.39 is 6.41 Å².